The van der Waals surface area contributed by atoms with Gasteiger partial charge in [-0.2, -0.15) is 0 Å². The van der Waals surface area contributed by atoms with Crippen LogP contribution in [0.1, 0.15) is 194 Å². The van der Waals surface area contributed by atoms with Crippen LogP contribution >= 0.6 is 0 Å². The number of hydrogen-bond acceptors (Lipinski definition) is 16. The van der Waals surface area contributed by atoms with Gasteiger partial charge in [-0.1, -0.05) is 90.4 Å². The Kier molecular flexibility index (Phi) is 46.0. The first kappa shape index (κ1) is 74.6. The molecule has 0 aliphatic rings. The lowest BCUT2D eigenvalue weighted by Crippen LogP contribution is -2.45. The van der Waals surface area contributed by atoms with Gasteiger partial charge in [0.1, 0.15) is 37.0 Å². The third-order valence-corrected chi connectivity index (χ3v) is 13.3. The lowest BCUT2D eigenvalue weighted by atomic mass is 9.94. The van der Waals surface area contributed by atoms with Gasteiger partial charge in [0.25, 0.3) is 0 Å². The van der Waals surface area contributed by atoms with Crippen molar-refractivity contribution in [3.05, 3.63) is 0 Å². The first-order chi connectivity index (χ1) is 38.2. The minimum atomic E-state index is -1.38. The molecule has 0 rings (SSSR count). The number of nitrogens with one attached hydrogen (secondary N) is 4. The largest absolute Gasteiger partial charge is 0.481 e. The van der Waals surface area contributed by atoms with Gasteiger partial charge in [-0.25, -0.2) is 4.79 Å². The van der Waals surface area contributed by atoms with E-state index in [-0.39, 0.29) is 122 Å². The highest BCUT2D eigenvalue weighted by Crippen LogP contribution is 2.18. The smallest absolute Gasteiger partial charge is 0.326 e. The molecule has 0 bridgehead atoms. The quantitative estimate of drug-likeness (QED) is 0.0285. The van der Waals surface area contributed by atoms with Crippen molar-refractivity contribution in [2.24, 2.45) is 23.5 Å². The molecule has 5 atom stereocenters. The van der Waals surface area contributed by atoms with Gasteiger partial charge in [0.15, 0.2) is 5.78 Å². The van der Waals surface area contributed by atoms with E-state index in [0.29, 0.717) is 25.8 Å². The first-order valence-electron chi connectivity index (χ1n) is 28.9. The van der Waals surface area contributed by atoms with Crippen molar-refractivity contribution in [2.45, 2.75) is 206 Å². The molecule has 0 fully saturated rings. The Bertz CT molecular complexity index is 1820. The fourth-order valence-electron chi connectivity index (χ4n) is 8.53. The molecule has 0 spiro atoms. The predicted octanol–water partition coefficient (Wildman–Crippen LogP) is 5.03. The third kappa shape index (κ3) is 45.3. The summed E-state index contributed by atoms with van der Waals surface area (Å²) in [6.07, 6.45) is 15.8. The van der Waals surface area contributed by atoms with Crippen molar-refractivity contribution in [2.75, 3.05) is 65.9 Å². The number of ketones is 3. The Morgan fingerprint density at radius 1 is 0.425 bits per heavy atom. The van der Waals surface area contributed by atoms with Crippen LogP contribution in [0.3, 0.4) is 0 Å². The number of unbranched alkanes of at least 4 members (excludes halogenated alkanes) is 14. The second-order valence-electron chi connectivity index (χ2n) is 20.4. The van der Waals surface area contributed by atoms with E-state index in [9.17, 15) is 68.1 Å². The Hall–Kier alpha value is -5.43. The minimum absolute atomic E-state index is 0.00795. The summed E-state index contributed by atoms with van der Waals surface area (Å²) >= 11 is 0. The van der Waals surface area contributed by atoms with Gasteiger partial charge in [0.05, 0.1) is 51.5 Å². The number of aliphatic carboxylic acids is 4. The number of Topliss-reactive ketones (excluding diaryl/α,β-unsaturated/α-hetero) is 3. The Balaban J connectivity index is 4.04. The summed E-state index contributed by atoms with van der Waals surface area (Å²) in [5, 5.41) is 47.6. The van der Waals surface area contributed by atoms with Crippen LogP contribution in [0.4, 0.5) is 0 Å². The van der Waals surface area contributed by atoms with E-state index in [1.807, 2.05) is 6.92 Å². The van der Waals surface area contributed by atoms with Crippen molar-refractivity contribution in [1.82, 2.24) is 21.3 Å². The second-order valence-corrected chi connectivity index (χ2v) is 20.4. The first-order valence-corrected chi connectivity index (χ1v) is 28.9. The number of amides is 4. The highest BCUT2D eigenvalue weighted by molar-refractivity contribution is 5.87. The van der Waals surface area contributed by atoms with E-state index in [0.717, 1.165) is 70.6 Å². The molecule has 24 nitrogen and oxygen atoms in total. The summed E-state index contributed by atoms with van der Waals surface area (Å²) in [6, 6.07) is -1.38. The van der Waals surface area contributed by atoms with Crippen molar-refractivity contribution < 1.29 is 92.1 Å². The molecule has 4 amide bonds. The van der Waals surface area contributed by atoms with Gasteiger partial charge in [-0.3, -0.25) is 47.9 Å². The summed E-state index contributed by atoms with van der Waals surface area (Å²) in [6.45, 7) is 3.52. The van der Waals surface area contributed by atoms with Crippen LogP contribution in [0.2, 0.25) is 0 Å². The maximum absolute atomic E-state index is 12.5. The zero-order valence-corrected chi connectivity index (χ0v) is 47.7. The summed E-state index contributed by atoms with van der Waals surface area (Å²) < 4.78 is 21.3. The van der Waals surface area contributed by atoms with Crippen LogP contribution in [-0.2, 0) is 71.7 Å². The number of carboxylic acid groups (broad SMARTS) is 4. The zero-order chi connectivity index (χ0) is 59.8. The molecule has 1 unspecified atom stereocenters. The average Bonchev–Trinajstić information content (AvgIpc) is 3.39. The predicted molar refractivity (Wildman–Crippen MR) is 294 cm³/mol. The normalized spacial score (nSPS) is 13.0. The zero-order valence-electron chi connectivity index (χ0n) is 47.7. The topological polar surface area (TPSA) is 380 Å². The highest BCUT2D eigenvalue weighted by Gasteiger charge is 2.26. The number of hydrogen-bond donors (Lipinski definition) is 9. The fraction of sp³-hybridized carbons (Fsp3) is 0.804. The van der Waals surface area contributed by atoms with Gasteiger partial charge < -0.3 is 66.4 Å². The van der Waals surface area contributed by atoms with E-state index in [1.165, 1.54) is 32.1 Å². The number of rotatable bonds is 57. The molecule has 24 heteroatoms. The molecule has 0 radical (unpaired) electrons. The maximum Gasteiger partial charge on any atom is 0.326 e. The number of ether oxygens (including phenoxy) is 4. The van der Waals surface area contributed by atoms with Gasteiger partial charge in [0.2, 0.25) is 23.6 Å². The molecule has 0 aromatic rings. The lowest BCUT2D eigenvalue weighted by Gasteiger charge is -2.16. The SMILES string of the molecule is CC[C@@H](CCCCNC(=O)CC[C@H](NC(=O)CC[C@H](CC(=O)COCCOCCNC(=O)COCCOCC(N)NC(=O)CC[C@H](CC(=O)CCCCCCCCCCCCCCCCC(=O)O)C(=O)O)C(=O)O)C(=O)O)C(C)=O. The lowest BCUT2D eigenvalue weighted by molar-refractivity contribution is -0.145. The van der Waals surface area contributed by atoms with E-state index in [2.05, 4.69) is 21.3 Å². The maximum atomic E-state index is 12.5. The molecule has 0 saturated heterocycles. The summed E-state index contributed by atoms with van der Waals surface area (Å²) in [7, 11) is 0. The van der Waals surface area contributed by atoms with Crippen LogP contribution in [0.15, 0.2) is 0 Å². The van der Waals surface area contributed by atoms with Gasteiger partial charge in [-0.15, -0.1) is 0 Å². The Labute approximate surface area is 472 Å². The van der Waals surface area contributed by atoms with Crippen molar-refractivity contribution in [3.8, 4) is 0 Å². The Morgan fingerprint density at radius 2 is 0.900 bits per heavy atom. The van der Waals surface area contributed by atoms with E-state index < -0.39 is 90.4 Å². The van der Waals surface area contributed by atoms with Crippen LogP contribution in [0.25, 0.3) is 0 Å². The van der Waals surface area contributed by atoms with Gasteiger partial charge >= 0.3 is 23.9 Å². The molecular formula is C56H97N5O19. The van der Waals surface area contributed by atoms with Crippen LogP contribution in [0, 0.1) is 17.8 Å². The van der Waals surface area contributed by atoms with Gasteiger partial charge in [0, 0.05) is 64.0 Å². The molecule has 0 heterocycles. The molecule has 0 aromatic carbocycles. The second kappa shape index (κ2) is 49.4. The summed E-state index contributed by atoms with van der Waals surface area (Å²) in [5.41, 5.74) is 5.92. The molecule has 10 N–H and O–H groups in total. The van der Waals surface area contributed by atoms with E-state index in [4.69, 9.17) is 29.8 Å². The van der Waals surface area contributed by atoms with Crippen LogP contribution in [-0.4, -0.2) is 163 Å². The Morgan fingerprint density at radius 3 is 1.43 bits per heavy atom. The molecular weight excluding hydrogens is 1050 g/mol. The molecule has 80 heavy (non-hydrogen) atoms. The third-order valence-electron chi connectivity index (χ3n) is 13.3. The minimum Gasteiger partial charge on any atom is -0.481 e. The van der Waals surface area contributed by atoms with Crippen molar-refractivity contribution >= 4 is 64.9 Å². The number of nitrogens with two attached hydrogens (primary N) is 1. The van der Waals surface area contributed by atoms with E-state index >= 15 is 0 Å². The monoisotopic (exact) mass is 1140 g/mol. The molecule has 0 aliphatic carbocycles. The number of carboxylic acids is 4. The fourth-order valence-corrected chi connectivity index (χ4v) is 8.53. The highest BCUT2D eigenvalue weighted by atomic mass is 16.5. The van der Waals surface area contributed by atoms with Gasteiger partial charge in [-0.05, 0) is 58.3 Å². The molecule has 0 aromatic heterocycles. The number of carbonyl (C=O) groups is 11. The molecule has 460 valence electrons. The van der Waals surface area contributed by atoms with Crippen LogP contribution in [0.5, 0.6) is 0 Å². The van der Waals surface area contributed by atoms with E-state index in [1.54, 1.807) is 6.92 Å². The van der Waals surface area contributed by atoms with Crippen molar-refractivity contribution in [3.63, 3.8) is 0 Å². The average molecular weight is 1140 g/mol. The summed E-state index contributed by atoms with van der Waals surface area (Å²) in [4.78, 5) is 132. The van der Waals surface area contributed by atoms with Crippen LogP contribution < -0.4 is 27.0 Å². The molecule has 0 aliphatic heterocycles. The van der Waals surface area contributed by atoms with Crippen molar-refractivity contribution in [1.29, 1.82) is 0 Å². The molecule has 0 saturated carbocycles. The summed E-state index contributed by atoms with van der Waals surface area (Å²) in [5.74, 6) is -9.32. The number of carbonyl (C=O) groups excluding carboxylic acids is 7. The standard InChI is InChI=1S/C56H97N5O19/c1-3-42(41(2)62)20-18-19-29-58-49(65)28-25-47(56(75)76)60-50(66)26-23-44(55(73)74)37-46(64)38-78-33-32-77-31-30-59-52(68)40-80-35-34-79-39-48(57)61-51(67)27-24-43(54(71)72)36-45(63)21-16-14-12-10-8-6-4-5-7-9-11-13-15-17-22-53(69)70/h42-44,47-48H,3-40,57H2,1-2H3,(H,58,65)(H,59,68)(H,60,66)(H,61,67)(H,69,70)(H,71,72)(H,73,74)(H,75,76)/t42-,43+,44+,47-,48?/m0/s1.